The molecule has 2 aromatic rings. The first-order chi connectivity index (χ1) is 7.15. The van der Waals surface area contributed by atoms with Crippen molar-refractivity contribution in [3.05, 3.63) is 48.0 Å². The van der Waals surface area contributed by atoms with Crippen molar-refractivity contribution in [1.29, 1.82) is 0 Å². The van der Waals surface area contributed by atoms with Gasteiger partial charge in [-0.3, -0.25) is 0 Å². The molecule has 15 heavy (non-hydrogen) atoms. The molecule has 0 saturated carbocycles. The first kappa shape index (κ1) is 11.0. The van der Waals surface area contributed by atoms with Crippen molar-refractivity contribution in [2.45, 2.75) is 17.1 Å². The molecule has 0 aliphatic heterocycles. The Bertz CT molecular complexity index is 471. The second-order valence-corrected chi connectivity index (χ2v) is 6.04. The van der Waals surface area contributed by atoms with Crippen LogP contribution in [0.5, 0.6) is 0 Å². The van der Waals surface area contributed by atoms with Gasteiger partial charge in [0.05, 0.1) is 0 Å². The standard InChI is InChI=1S/C13H12BrCl/c1-2-13(14,15)12-9-5-7-10-6-3-4-8-11(10)12/h3-9H,2H2,1H3. The van der Waals surface area contributed by atoms with Crippen molar-refractivity contribution in [2.75, 3.05) is 0 Å². The maximum atomic E-state index is 6.44. The first-order valence-electron chi connectivity index (χ1n) is 5.01. The van der Waals surface area contributed by atoms with E-state index in [0.29, 0.717) is 0 Å². The minimum Gasteiger partial charge on any atom is -0.101 e. The fourth-order valence-corrected chi connectivity index (χ4v) is 2.25. The largest absolute Gasteiger partial charge is 0.124 e. The van der Waals surface area contributed by atoms with Crippen molar-refractivity contribution in [3.8, 4) is 0 Å². The molecule has 2 aromatic carbocycles. The third-order valence-corrected chi connectivity index (χ3v) is 4.09. The summed E-state index contributed by atoms with van der Waals surface area (Å²) in [4.78, 5) is 0. The van der Waals surface area contributed by atoms with Gasteiger partial charge in [0, 0.05) is 0 Å². The predicted molar refractivity (Wildman–Crippen MR) is 70.7 cm³/mol. The topological polar surface area (TPSA) is 0 Å². The molecule has 2 rings (SSSR count). The van der Waals surface area contributed by atoms with Gasteiger partial charge in [-0.25, -0.2) is 0 Å². The van der Waals surface area contributed by atoms with Crippen LogP contribution in [0.2, 0.25) is 0 Å². The molecule has 1 unspecified atom stereocenters. The van der Waals surface area contributed by atoms with Crippen molar-refractivity contribution >= 4 is 38.3 Å². The predicted octanol–water partition coefficient (Wildman–Crippen LogP) is 5.04. The lowest BCUT2D eigenvalue weighted by Crippen LogP contribution is -2.07. The van der Waals surface area contributed by atoms with Gasteiger partial charge in [-0.05, 0) is 22.8 Å². The molecule has 0 saturated heterocycles. The van der Waals surface area contributed by atoms with Gasteiger partial charge in [0.1, 0.15) is 3.78 Å². The van der Waals surface area contributed by atoms with Gasteiger partial charge >= 0.3 is 0 Å². The SMILES string of the molecule is CCC(Cl)(Br)c1cccc2ccccc12. The maximum absolute atomic E-state index is 6.44. The Morgan fingerprint density at radius 3 is 2.53 bits per heavy atom. The van der Waals surface area contributed by atoms with E-state index in [1.165, 1.54) is 10.8 Å². The summed E-state index contributed by atoms with van der Waals surface area (Å²) in [5, 5.41) is 2.45. The quantitative estimate of drug-likeness (QED) is 0.678. The number of hydrogen-bond acceptors (Lipinski definition) is 0. The Labute approximate surface area is 103 Å². The lowest BCUT2D eigenvalue weighted by Gasteiger charge is -2.20. The van der Waals surface area contributed by atoms with Crippen LogP contribution in [0.3, 0.4) is 0 Å². The van der Waals surface area contributed by atoms with Crippen molar-refractivity contribution < 1.29 is 0 Å². The summed E-state index contributed by atoms with van der Waals surface area (Å²) in [6.07, 6.45) is 0.850. The summed E-state index contributed by atoms with van der Waals surface area (Å²) in [6, 6.07) is 14.5. The molecule has 78 valence electrons. The first-order valence-corrected chi connectivity index (χ1v) is 6.18. The number of hydrogen-bond donors (Lipinski definition) is 0. The van der Waals surface area contributed by atoms with Crippen LogP contribution in [0.1, 0.15) is 18.9 Å². The highest BCUT2D eigenvalue weighted by Gasteiger charge is 2.24. The van der Waals surface area contributed by atoms with E-state index < -0.39 is 3.78 Å². The van der Waals surface area contributed by atoms with Crippen LogP contribution in [0.15, 0.2) is 42.5 Å². The second kappa shape index (κ2) is 4.15. The molecular weight excluding hydrogens is 272 g/mol. The maximum Gasteiger partial charge on any atom is 0.124 e. The molecule has 0 aromatic heterocycles. The van der Waals surface area contributed by atoms with Gasteiger partial charge in [0.15, 0.2) is 0 Å². The second-order valence-electron chi connectivity index (χ2n) is 3.58. The van der Waals surface area contributed by atoms with Gasteiger partial charge in [-0.1, -0.05) is 65.3 Å². The van der Waals surface area contributed by atoms with Gasteiger partial charge in [-0.15, -0.1) is 11.6 Å². The number of alkyl halides is 2. The molecule has 0 amide bonds. The molecule has 0 spiro atoms. The third-order valence-electron chi connectivity index (χ3n) is 2.63. The smallest absolute Gasteiger partial charge is 0.101 e. The minimum atomic E-state index is -0.451. The molecule has 0 aliphatic rings. The molecule has 0 N–H and O–H groups in total. The zero-order valence-electron chi connectivity index (χ0n) is 8.50. The van der Waals surface area contributed by atoms with Crippen LogP contribution in [0.25, 0.3) is 10.8 Å². The van der Waals surface area contributed by atoms with E-state index in [0.717, 1.165) is 12.0 Å². The van der Waals surface area contributed by atoms with Crippen LogP contribution in [0.4, 0.5) is 0 Å². The zero-order chi connectivity index (χ0) is 10.9. The molecule has 0 fully saturated rings. The average molecular weight is 284 g/mol. The Morgan fingerprint density at radius 1 is 1.13 bits per heavy atom. The van der Waals surface area contributed by atoms with Gasteiger partial charge in [-0.2, -0.15) is 0 Å². The van der Waals surface area contributed by atoms with E-state index in [4.69, 9.17) is 11.6 Å². The van der Waals surface area contributed by atoms with E-state index >= 15 is 0 Å². The molecule has 0 bridgehead atoms. The average Bonchev–Trinajstić information content (AvgIpc) is 2.28. The molecular formula is C13H12BrCl. The van der Waals surface area contributed by atoms with E-state index in [-0.39, 0.29) is 0 Å². The van der Waals surface area contributed by atoms with Crippen LogP contribution in [-0.2, 0) is 3.78 Å². The number of halogens is 2. The number of fused-ring (bicyclic) bond motifs is 1. The van der Waals surface area contributed by atoms with E-state index in [1.807, 2.05) is 18.2 Å². The highest BCUT2D eigenvalue weighted by molar-refractivity contribution is 9.10. The van der Waals surface area contributed by atoms with Gasteiger partial charge < -0.3 is 0 Å². The van der Waals surface area contributed by atoms with Gasteiger partial charge in [0.25, 0.3) is 0 Å². The number of benzene rings is 2. The summed E-state index contributed by atoms with van der Waals surface area (Å²) in [5.74, 6) is 0. The molecule has 0 nitrogen and oxygen atoms in total. The van der Waals surface area contributed by atoms with E-state index in [9.17, 15) is 0 Å². The van der Waals surface area contributed by atoms with E-state index in [1.54, 1.807) is 0 Å². The molecule has 2 heteroatoms. The summed E-state index contributed by atoms with van der Waals surface area (Å²) in [5.41, 5.74) is 1.14. The zero-order valence-corrected chi connectivity index (χ0v) is 10.8. The summed E-state index contributed by atoms with van der Waals surface area (Å²) in [7, 11) is 0. The number of rotatable bonds is 2. The Kier molecular flexibility index (Phi) is 3.03. The minimum absolute atomic E-state index is 0.451. The Balaban J connectivity index is 2.71. The van der Waals surface area contributed by atoms with Crippen molar-refractivity contribution in [2.24, 2.45) is 0 Å². The Hall–Kier alpha value is -0.530. The molecule has 0 heterocycles. The molecule has 0 aliphatic carbocycles. The Morgan fingerprint density at radius 2 is 1.80 bits per heavy atom. The van der Waals surface area contributed by atoms with Crippen LogP contribution < -0.4 is 0 Å². The summed E-state index contributed by atoms with van der Waals surface area (Å²) >= 11 is 10.0. The van der Waals surface area contributed by atoms with Crippen LogP contribution in [0, 0.1) is 0 Å². The van der Waals surface area contributed by atoms with Crippen molar-refractivity contribution in [3.63, 3.8) is 0 Å². The van der Waals surface area contributed by atoms with Crippen molar-refractivity contribution in [1.82, 2.24) is 0 Å². The normalized spacial score (nSPS) is 15.1. The highest BCUT2D eigenvalue weighted by atomic mass is 79.9. The fraction of sp³-hybridized carbons (Fsp3) is 0.231. The summed E-state index contributed by atoms with van der Waals surface area (Å²) in [6.45, 7) is 2.07. The monoisotopic (exact) mass is 282 g/mol. The van der Waals surface area contributed by atoms with Crippen LogP contribution in [-0.4, -0.2) is 0 Å². The molecule has 1 atom stereocenters. The van der Waals surface area contributed by atoms with Gasteiger partial charge in [0.2, 0.25) is 0 Å². The lowest BCUT2D eigenvalue weighted by molar-refractivity contribution is 0.842. The fourth-order valence-electron chi connectivity index (χ4n) is 1.73. The highest BCUT2D eigenvalue weighted by Crippen LogP contribution is 2.42. The molecule has 0 radical (unpaired) electrons. The van der Waals surface area contributed by atoms with E-state index in [2.05, 4.69) is 47.1 Å². The third kappa shape index (κ3) is 2.04. The summed E-state index contributed by atoms with van der Waals surface area (Å²) < 4.78 is -0.451. The van der Waals surface area contributed by atoms with Crippen LogP contribution >= 0.6 is 27.5 Å². The lowest BCUT2D eigenvalue weighted by atomic mass is 10.0.